The Bertz CT molecular complexity index is 373. The third kappa shape index (κ3) is 0.928. The Morgan fingerprint density at radius 3 is 2.71 bits per heavy atom. The second-order valence-electron chi connectivity index (χ2n) is 4.39. The number of benzene rings is 1. The second-order valence-corrected chi connectivity index (χ2v) is 4.39. The summed E-state index contributed by atoms with van der Waals surface area (Å²) in [5, 5.41) is 9.12. The van der Waals surface area contributed by atoms with E-state index in [9.17, 15) is 0 Å². The van der Waals surface area contributed by atoms with Crippen LogP contribution >= 0.6 is 0 Å². The van der Waals surface area contributed by atoms with Crippen LogP contribution in [0.25, 0.3) is 0 Å². The highest BCUT2D eigenvalue weighted by Gasteiger charge is 2.43. The minimum absolute atomic E-state index is 0.357. The van der Waals surface area contributed by atoms with E-state index >= 15 is 0 Å². The first-order chi connectivity index (χ1) is 6.86. The van der Waals surface area contributed by atoms with Gasteiger partial charge in [0.1, 0.15) is 5.60 Å². The lowest BCUT2D eigenvalue weighted by Crippen LogP contribution is -2.30. The van der Waals surface area contributed by atoms with E-state index in [1.165, 1.54) is 16.7 Å². The number of hydrogen-bond donors (Lipinski definition) is 1. The number of rotatable bonds is 1. The zero-order valence-corrected chi connectivity index (χ0v) is 8.12. The summed E-state index contributed by atoms with van der Waals surface area (Å²) in [6, 6.07) is 6.44. The molecule has 1 N–H and O–H groups in total. The largest absolute Gasteiger partial charge is 0.251 e. The van der Waals surface area contributed by atoms with E-state index in [2.05, 4.69) is 18.2 Å². The molecule has 1 aromatic carbocycles. The molecular weight excluding hydrogens is 176 g/mol. The average molecular weight is 190 g/mol. The first-order valence-corrected chi connectivity index (χ1v) is 5.29. The highest BCUT2D eigenvalue weighted by atomic mass is 17.1. The molecule has 2 aliphatic carbocycles. The minimum Gasteiger partial charge on any atom is -0.251 e. The van der Waals surface area contributed by atoms with Gasteiger partial charge in [0.05, 0.1) is 0 Å². The molecule has 74 valence electrons. The van der Waals surface area contributed by atoms with Crippen LogP contribution in [0.1, 0.15) is 36.0 Å². The Morgan fingerprint density at radius 1 is 1.14 bits per heavy atom. The monoisotopic (exact) mass is 190 g/mol. The second kappa shape index (κ2) is 2.81. The lowest BCUT2D eigenvalue weighted by molar-refractivity contribution is -0.332. The molecule has 1 unspecified atom stereocenters. The van der Waals surface area contributed by atoms with Crippen molar-refractivity contribution in [3.8, 4) is 0 Å². The molecule has 0 saturated heterocycles. The molecule has 2 heteroatoms. The van der Waals surface area contributed by atoms with Gasteiger partial charge in [0, 0.05) is 0 Å². The Morgan fingerprint density at radius 2 is 1.93 bits per heavy atom. The lowest BCUT2D eigenvalue weighted by atomic mass is 9.80. The molecule has 0 heterocycles. The predicted octanol–water partition coefficient (Wildman–Crippen LogP) is 2.65. The van der Waals surface area contributed by atoms with Gasteiger partial charge in [0.25, 0.3) is 0 Å². The molecule has 2 aliphatic rings. The van der Waals surface area contributed by atoms with E-state index in [1.54, 1.807) is 0 Å². The zero-order chi connectivity index (χ0) is 9.60. The van der Waals surface area contributed by atoms with Crippen LogP contribution in [0.5, 0.6) is 0 Å². The van der Waals surface area contributed by atoms with E-state index in [1.807, 2.05) is 0 Å². The van der Waals surface area contributed by atoms with Crippen molar-refractivity contribution in [2.75, 3.05) is 0 Å². The van der Waals surface area contributed by atoms with E-state index in [-0.39, 0.29) is 5.60 Å². The third-order valence-electron chi connectivity index (χ3n) is 3.69. The van der Waals surface area contributed by atoms with Crippen LogP contribution in [0.2, 0.25) is 0 Å². The van der Waals surface area contributed by atoms with Crippen molar-refractivity contribution in [3.63, 3.8) is 0 Å². The summed E-state index contributed by atoms with van der Waals surface area (Å²) in [6.07, 6.45) is 5.21. The topological polar surface area (TPSA) is 29.5 Å². The summed E-state index contributed by atoms with van der Waals surface area (Å²) in [5.41, 5.74) is 3.68. The van der Waals surface area contributed by atoms with Gasteiger partial charge >= 0.3 is 0 Å². The molecule has 0 amide bonds. The fourth-order valence-electron chi connectivity index (χ4n) is 3.07. The van der Waals surface area contributed by atoms with Crippen molar-refractivity contribution in [1.29, 1.82) is 0 Å². The highest BCUT2D eigenvalue weighted by Crippen LogP contribution is 2.47. The maximum Gasteiger partial charge on any atom is 0.129 e. The standard InChI is InChI=1S/C12H14O2/c13-14-12-7-2-5-9-3-1-4-10(6-8-12)11(9)12/h1,3-4,13H,2,5-8H2. The fraction of sp³-hybridized carbons (Fsp3) is 0.500. The lowest BCUT2D eigenvalue weighted by Gasteiger charge is -2.32. The third-order valence-corrected chi connectivity index (χ3v) is 3.69. The summed E-state index contributed by atoms with van der Waals surface area (Å²) >= 11 is 0. The van der Waals surface area contributed by atoms with Gasteiger partial charge in [-0.25, -0.2) is 4.89 Å². The van der Waals surface area contributed by atoms with E-state index in [4.69, 9.17) is 10.1 Å². The van der Waals surface area contributed by atoms with Crippen molar-refractivity contribution in [2.24, 2.45) is 0 Å². The minimum atomic E-state index is -0.357. The van der Waals surface area contributed by atoms with Crippen LogP contribution in [0.3, 0.4) is 0 Å². The zero-order valence-electron chi connectivity index (χ0n) is 8.12. The molecule has 0 fully saturated rings. The Labute approximate surface area is 83.4 Å². The fourth-order valence-corrected chi connectivity index (χ4v) is 3.07. The van der Waals surface area contributed by atoms with Crippen LogP contribution in [0.15, 0.2) is 18.2 Å². The molecule has 0 saturated carbocycles. The molecule has 14 heavy (non-hydrogen) atoms. The van der Waals surface area contributed by atoms with E-state index < -0.39 is 0 Å². The van der Waals surface area contributed by atoms with Gasteiger partial charge in [-0.05, 0) is 48.8 Å². The van der Waals surface area contributed by atoms with Crippen LogP contribution in [0.4, 0.5) is 0 Å². The van der Waals surface area contributed by atoms with Crippen LogP contribution in [0, 0.1) is 0 Å². The van der Waals surface area contributed by atoms with Gasteiger partial charge in [0.15, 0.2) is 0 Å². The average Bonchev–Trinajstić information content (AvgIpc) is 2.62. The Balaban J connectivity index is 2.23. The van der Waals surface area contributed by atoms with Crippen molar-refractivity contribution < 1.29 is 10.1 Å². The van der Waals surface area contributed by atoms with Crippen molar-refractivity contribution in [3.05, 3.63) is 34.9 Å². The summed E-state index contributed by atoms with van der Waals surface area (Å²) in [5.74, 6) is 0. The molecule has 0 aliphatic heterocycles. The van der Waals surface area contributed by atoms with Gasteiger partial charge in [-0.15, -0.1) is 0 Å². The maximum absolute atomic E-state index is 9.12. The van der Waals surface area contributed by atoms with E-state index in [0.29, 0.717) is 0 Å². The molecule has 0 spiro atoms. The molecule has 0 radical (unpaired) electrons. The van der Waals surface area contributed by atoms with E-state index in [0.717, 1.165) is 32.1 Å². The van der Waals surface area contributed by atoms with Gasteiger partial charge in [-0.3, -0.25) is 5.26 Å². The Kier molecular flexibility index (Phi) is 1.70. The summed E-state index contributed by atoms with van der Waals surface area (Å²) < 4.78 is 0. The highest BCUT2D eigenvalue weighted by molar-refractivity contribution is 5.45. The van der Waals surface area contributed by atoms with Gasteiger partial charge in [-0.1, -0.05) is 18.2 Å². The SMILES string of the molecule is OOC12CCCc3cccc(c31)CC2. The van der Waals surface area contributed by atoms with Crippen molar-refractivity contribution >= 4 is 0 Å². The van der Waals surface area contributed by atoms with Crippen LogP contribution in [-0.2, 0) is 23.3 Å². The number of hydrogen-bond acceptors (Lipinski definition) is 2. The van der Waals surface area contributed by atoms with Crippen LogP contribution in [-0.4, -0.2) is 5.26 Å². The quantitative estimate of drug-likeness (QED) is 0.545. The first-order valence-electron chi connectivity index (χ1n) is 5.29. The molecule has 1 atom stereocenters. The summed E-state index contributed by atoms with van der Waals surface area (Å²) in [6.45, 7) is 0. The summed E-state index contributed by atoms with van der Waals surface area (Å²) in [7, 11) is 0. The molecule has 2 nitrogen and oxygen atoms in total. The van der Waals surface area contributed by atoms with Crippen LogP contribution < -0.4 is 0 Å². The van der Waals surface area contributed by atoms with Gasteiger partial charge in [-0.2, -0.15) is 0 Å². The predicted molar refractivity (Wildman–Crippen MR) is 53.1 cm³/mol. The Hall–Kier alpha value is -0.860. The van der Waals surface area contributed by atoms with Gasteiger partial charge < -0.3 is 0 Å². The van der Waals surface area contributed by atoms with Crippen molar-refractivity contribution in [1.82, 2.24) is 0 Å². The van der Waals surface area contributed by atoms with Crippen molar-refractivity contribution in [2.45, 2.75) is 37.7 Å². The smallest absolute Gasteiger partial charge is 0.129 e. The normalized spacial score (nSPS) is 28.9. The molecular formula is C12H14O2. The molecule has 1 aromatic rings. The molecule has 0 bridgehead atoms. The maximum atomic E-state index is 9.12. The summed E-state index contributed by atoms with van der Waals surface area (Å²) in [4.78, 5) is 4.81. The molecule has 0 aromatic heterocycles. The number of aryl methyl sites for hydroxylation is 2. The first kappa shape index (κ1) is 8.45. The molecule has 3 rings (SSSR count). The van der Waals surface area contributed by atoms with Gasteiger partial charge in [0.2, 0.25) is 0 Å².